The van der Waals surface area contributed by atoms with Crippen molar-refractivity contribution in [3.05, 3.63) is 16.1 Å². The van der Waals surface area contributed by atoms with Gasteiger partial charge >= 0.3 is 12.0 Å². The predicted octanol–water partition coefficient (Wildman–Crippen LogP) is 0.406. The van der Waals surface area contributed by atoms with Crippen LogP contribution in [0.3, 0.4) is 0 Å². The smallest absolute Gasteiger partial charge is 0.355 e. The number of aliphatic hydroxyl groups excluding tert-OH is 1. The third kappa shape index (κ3) is 4.49. The molecule has 0 saturated carbocycles. The van der Waals surface area contributed by atoms with Gasteiger partial charge in [0.2, 0.25) is 0 Å². The van der Waals surface area contributed by atoms with Crippen molar-refractivity contribution < 1.29 is 19.8 Å². The largest absolute Gasteiger partial charge is 0.476 e. The number of likely N-dealkylation sites (N-methyl/N-ethyl adjacent to an activating group) is 1. The van der Waals surface area contributed by atoms with Crippen molar-refractivity contribution in [1.82, 2.24) is 15.2 Å². The number of carbonyl (C=O) groups excluding carboxylic acids is 1. The summed E-state index contributed by atoms with van der Waals surface area (Å²) in [4.78, 5) is 27.6. The molecule has 0 fully saturated rings. The molecule has 8 heteroatoms. The van der Waals surface area contributed by atoms with Gasteiger partial charge in [0.1, 0.15) is 0 Å². The summed E-state index contributed by atoms with van der Waals surface area (Å²) in [7, 11) is 1.60. The van der Waals surface area contributed by atoms with Crippen LogP contribution in [0.5, 0.6) is 0 Å². The van der Waals surface area contributed by atoms with E-state index in [1.54, 1.807) is 14.0 Å². The zero-order valence-corrected chi connectivity index (χ0v) is 11.6. The highest BCUT2D eigenvalue weighted by Gasteiger charge is 2.14. The maximum atomic E-state index is 11.6. The molecule has 3 N–H and O–H groups in total. The number of aromatic nitrogens is 1. The van der Waals surface area contributed by atoms with Crippen LogP contribution in [0.1, 0.15) is 22.4 Å². The van der Waals surface area contributed by atoms with E-state index in [1.807, 2.05) is 0 Å². The SMILES string of the molecule is CC(CO)N(C)C(=O)NCCc1nc(C(=O)O)cs1. The van der Waals surface area contributed by atoms with Crippen molar-refractivity contribution >= 4 is 23.3 Å². The van der Waals surface area contributed by atoms with E-state index in [-0.39, 0.29) is 24.4 Å². The van der Waals surface area contributed by atoms with Gasteiger partial charge in [-0.05, 0) is 6.92 Å². The average Bonchev–Trinajstić information content (AvgIpc) is 2.85. The lowest BCUT2D eigenvalue weighted by atomic mass is 10.3. The van der Waals surface area contributed by atoms with Gasteiger partial charge in [-0.15, -0.1) is 11.3 Å². The fraction of sp³-hybridized carbons (Fsp3) is 0.545. The molecule has 1 atom stereocenters. The van der Waals surface area contributed by atoms with E-state index in [1.165, 1.54) is 21.6 Å². The van der Waals surface area contributed by atoms with Crippen LogP contribution in [-0.2, 0) is 6.42 Å². The maximum Gasteiger partial charge on any atom is 0.355 e. The Morgan fingerprint density at radius 2 is 2.26 bits per heavy atom. The lowest BCUT2D eigenvalue weighted by Gasteiger charge is -2.23. The highest BCUT2D eigenvalue weighted by molar-refractivity contribution is 7.09. The molecule has 1 unspecified atom stereocenters. The van der Waals surface area contributed by atoms with Gasteiger partial charge in [-0.2, -0.15) is 0 Å². The van der Waals surface area contributed by atoms with Crippen LogP contribution in [0.4, 0.5) is 4.79 Å². The number of carboxylic acids is 1. The standard InChI is InChI=1S/C11H17N3O4S/c1-7(5-15)14(2)11(18)12-4-3-9-13-8(6-19-9)10(16)17/h6-7,15H,3-5H2,1-2H3,(H,12,18)(H,16,17). The van der Waals surface area contributed by atoms with Gasteiger partial charge in [-0.25, -0.2) is 14.6 Å². The van der Waals surface area contributed by atoms with E-state index >= 15 is 0 Å². The first-order valence-corrected chi connectivity index (χ1v) is 6.63. The first kappa shape index (κ1) is 15.4. The van der Waals surface area contributed by atoms with Crippen molar-refractivity contribution in [1.29, 1.82) is 0 Å². The molecule has 7 nitrogen and oxygen atoms in total. The quantitative estimate of drug-likeness (QED) is 0.703. The maximum absolute atomic E-state index is 11.6. The van der Waals surface area contributed by atoms with Crippen molar-refractivity contribution in [2.75, 3.05) is 20.2 Å². The molecule has 0 aliphatic heterocycles. The molecule has 1 rings (SSSR count). The van der Waals surface area contributed by atoms with Crippen LogP contribution >= 0.6 is 11.3 Å². The van der Waals surface area contributed by atoms with Crippen LogP contribution in [0, 0.1) is 0 Å². The van der Waals surface area contributed by atoms with Crippen molar-refractivity contribution in [3.63, 3.8) is 0 Å². The molecule has 19 heavy (non-hydrogen) atoms. The Morgan fingerprint density at radius 3 is 2.79 bits per heavy atom. The number of nitrogens with zero attached hydrogens (tertiary/aromatic N) is 2. The Morgan fingerprint density at radius 1 is 1.58 bits per heavy atom. The predicted molar refractivity (Wildman–Crippen MR) is 70.5 cm³/mol. The van der Waals surface area contributed by atoms with Gasteiger partial charge in [0, 0.05) is 25.4 Å². The summed E-state index contributed by atoms with van der Waals surface area (Å²) in [6.45, 7) is 2.01. The molecule has 0 aliphatic carbocycles. The summed E-state index contributed by atoms with van der Waals surface area (Å²) < 4.78 is 0. The fourth-order valence-corrected chi connectivity index (χ4v) is 2.02. The molecule has 0 aromatic carbocycles. The molecular weight excluding hydrogens is 270 g/mol. The second-order valence-electron chi connectivity index (χ2n) is 4.06. The summed E-state index contributed by atoms with van der Waals surface area (Å²) in [6, 6.07) is -0.532. The third-order valence-corrected chi connectivity index (χ3v) is 3.54. The second-order valence-corrected chi connectivity index (χ2v) is 5.00. The Labute approximate surface area is 114 Å². The number of aromatic carboxylic acids is 1. The summed E-state index contributed by atoms with van der Waals surface area (Å²) in [6.07, 6.45) is 0.477. The van der Waals surface area contributed by atoms with Crippen LogP contribution in [0.25, 0.3) is 0 Å². The zero-order chi connectivity index (χ0) is 14.4. The number of hydrogen-bond donors (Lipinski definition) is 3. The summed E-state index contributed by atoms with van der Waals surface area (Å²) in [5.74, 6) is -1.05. The van der Waals surface area contributed by atoms with Crippen LogP contribution in [0.2, 0.25) is 0 Å². The third-order valence-electron chi connectivity index (χ3n) is 2.63. The van der Waals surface area contributed by atoms with E-state index < -0.39 is 5.97 Å². The lowest BCUT2D eigenvalue weighted by molar-refractivity contribution is 0.0691. The molecule has 0 aliphatic rings. The second kappa shape index (κ2) is 7.05. The number of hydrogen-bond acceptors (Lipinski definition) is 5. The highest BCUT2D eigenvalue weighted by Crippen LogP contribution is 2.09. The first-order chi connectivity index (χ1) is 8.95. The number of thiazole rings is 1. The number of carboxylic acid groups (broad SMARTS) is 1. The molecule has 1 aromatic heterocycles. The Kier molecular flexibility index (Phi) is 5.71. The minimum absolute atomic E-state index is 0.0253. The van der Waals surface area contributed by atoms with Gasteiger partial charge in [0.25, 0.3) is 0 Å². The van der Waals surface area contributed by atoms with Gasteiger partial charge < -0.3 is 20.4 Å². The van der Waals surface area contributed by atoms with Crippen LogP contribution in [0.15, 0.2) is 5.38 Å². The molecule has 2 amide bonds. The van der Waals surface area contributed by atoms with E-state index in [0.29, 0.717) is 18.0 Å². The van der Waals surface area contributed by atoms with E-state index in [2.05, 4.69) is 10.3 Å². The summed E-state index contributed by atoms with van der Waals surface area (Å²) in [5.41, 5.74) is 0.0253. The van der Waals surface area contributed by atoms with E-state index in [9.17, 15) is 9.59 Å². The first-order valence-electron chi connectivity index (χ1n) is 5.75. The number of urea groups is 1. The van der Waals surface area contributed by atoms with Gasteiger partial charge in [0.05, 0.1) is 17.7 Å². The monoisotopic (exact) mass is 287 g/mol. The fourth-order valence-electron chi connectivity index (χ4n) is 1.25. The Hall–Kier alpha value is -1.67. The molecule has 0 radical (unpaired) electrons. The van der Waals surface area contributed by atoms with Gasteiger partial charge in [-0.1, -0.05) is 0 Å². The summed E-state index contributed by atoms with van der Waals surface area (Å²) in [5, 5.41) is 22.5. The molecule has 106 valence electrons. The van der Waals surface area contributed by atoms with Crippen molar-refractivity contribution in [2.24, 2.45) is 0 Å². The summed E-state index contributed by atoms with van der Waals surface area (Å²) >= 11 is 1.25. The minimum atomic E-state index is -1.05. The number of amides is 2. The van der Waals surface area contributed by atoms with Crippen molar-refractivity contribution in [2.45, 2.75) is 19.4 Å². The van der Waals surface area contributed by atoms with Gasteiger partial charge in [-0.3, -0.25) is 0 Å². The normalized spacial score (nSPS) is 11.9. The van der Waals surface area contributed by atoms with Gasteiger partial charge in [0.15, 0.2) is 5.69 Å². The number of nitrogens with one attached hydrogen (secondary N) is 1. The number of carbonyl (C=O) groups is 2. The van der Waals surface area contributed by atoms with Crippen LogP contribution < -0.4 is 5.32 Å². The van der Waals surface area contributed by atoms with E-state index in [4.69, 9.17) is 10.2 Å². The lowest BCUT2D eigenvalue weighted by Crippen LogP contribution is -2.44. The van der Waals surface area contributed by atoms with E-state index in [0.717, 1.165) is 0 Å². The highest BCUT2D eigenvalue weighted by atomic mass is 32.1. The molecule has 1 aromatic rings. The molecular formula is C11H17N3O4S. The molecule has 0 bridgehead atoms. The Bertz CT molecular complexity index is 449. The van der Waals surface area contributed by atoms with Crippen LogP contribution in [-0.4, -0.2) is 58.3 Å². The topological polar surface area (TPSA) is 103 Å². The van der Waals surface area contributed by atoms with Crippen molar-refractivity contribution in [3.8, 4) is 0 Å². The molecule has 0 saturated heterocycles. The average molecular weight is 287 g/mol. The minimum Gasteiger partial charge on any atom is -0.476 e. The molecule has 1 heterocycles. The zero-order valence-electron chi connectivity index (χ0n) is 10.8. The number of rotatable bonds is 6. The Balaban J connectivity index is 2.37. The number of aliphatic hydroxyl groups is 1. The molecule has 0 spiro atoms.